The number of benzene rings is 4. The number of aliphatic carboxylic acids is 1. The SMILES string of the molecule is N#Cc1cccc(F)c1-c1cc(-n2ccc(C3CCCO3)n2)c2c(n1)CNC2=O.N#Cc1cccc(F)c1-c1cc(-n2ccc(CC(=O)O)n2)c2c(n1)CNC2=O.N#Cc1cccc(F)c1-c1cc(-n2ccc([C@@H]3CCCO3)n2)c2c(n1)CNC2=O.N#Cc1cccc(F)c1-c1cc(-n2ccc([C@H]3CCCO3)n2)c2c(n1)CNC2=O. The minimum atomic E-state index is -1.03. The number of halogens is 4. The van der Waals surface area contributed by atoms with Crippen LogP contribution in [0.4, 0.5) is 17.6 Å². The van der Waals surface area contributed by atoms with Gasteiger partial charge in [-0.2, -0.15) is 41.4 Å². The standard InChI is InChI=1S/3C21H16FN5O2.C19H12FN5O3/c3*22-13-4-1-3-12(10-23)19(13)15-9-17(20-16(25-15)11-24-21(20)28)27-7-6-14(26-27)18-5-2-8-29-18;20-12-3-1-2-10(8-21)17(12)13-7-15(18-14(23-13)9-22-19(18)28)25-5-4-11(24-25)6-16(26)27/h3*1,3-4,6-7,9,18H,2,5,8,11H2,(H,24,28);1-5,7H,6,9H2,(H,22,28)(H,26,27)/t2*18-;;/m10../s1. The van der Waals surface area contributed by atoms with Crippen molar-refractivity contribution >= 4 is 29.6 Å². The van der Waals surface area contributed by atoms with E-state index in [2.05, 4.69) is 61.6 Å². The molecule has 7 aliphatic heterocycles. The number of carboxylic acid groups (broad SMARTS) is 1. The molecule has 1 unspecified atom stereocenters. The summed E-state index contributed by atoms with van der Waals surface area (Å²) in [4.78, 5) is 78.2. The van der Waals surface area contributed by atoms with Crippen molar-refractivity contribution in [3.63, 3.8) is 0 Å². The van der Waals surface area contributed by atoms with Gasteiger partial charge in [0, 0.05) is 44.6 Å². The molecule has 0 saturated carbocycles. The minimum absolute atomic E-state index is 0.0336. The van der Waals surface area contributed by atoms with Crippen LogP contribution in [0.5, 0.6) is 0 Å². The predicted molar refractivity (Wildman–Crippen MR) is 396 cm³/mol. The van der Waals surface area contributed by atoms with Gasteiger partial charge in [-0.05, 0) is 136 Å². The molecule has 15 heterocycles. The van der Waals surface area contributed by atoms with Gasteiger partial charge in [0.25, 0.3) is 23.6 Å². The first-order valence-electron chi connectivity index (χ1n) is 36.3. The van der Waals surface area contributed by atoms with E-state index in [1.807, 2.05) is 42.5 Å². The highest BCUT2D eigenvalue weighted by atomic mass is 19.1. The van der Waals surface area contributed by atoms with Gasteiger partial charge in [-0.1, -0.05) is 24.3 Å². The van der Waals surface area contributed by atoms with E-state index in [9.17, 15) is 62.6 Å². The minimum Gasteiger partial charge on any atom is -0.481 e. The van der Waals surface area contributed by atoms with Gasteiger partial charge in [-0.3, -0.25) is 24.0 Å². The normalized spacial score (nSPS) is 16.5. The van der Waals surface area contributed by atoms with Crippen molar-refractivity contribution in [3.05, 3.63) is 259 Å². The second-order valence-electron chi connectivity index (χ2n) is 27.1. The maximum absolute atomic E-state index is 14.6. The third-order valence-corrected chi connectivity index (χ3v) is 20.0. The summed E-state index contributed by atoms with van der Waals surface area (Å²) in [5.41, 5.74) is 10.0. The van der Waals surface area contributed by atoms with E-state index in [1.54, 1.807) is 69.0 Å². The number of carboxylic acids is 1. The number of fused-ring (bicyclic) bond motifs is 4. The fourth-order valence-corrected chi connectivity index (χ4v) is 14.7. The zero-order valence-electron chi connectivity index (χ0n) is 60.4. The summed E-state index contributed by atoms with van der Waals surface area (Å²) >= 11 is 0. The Hall–Kier alpha value is -14.8. The van der Waals surface area contributed by atoms with E-state index in [-0.39, 0.29) is 130 Å². The highest BCUT2D eigenvalue weighted by Crippen LogP contribution is 2.39. The fraction of sp³-hybridized carbons (Fsp3) is 0.207. The number of hydrogen-bond acceptors (Lipinski definition) is 20. The van der Waals surface area contributed by atoms with Crippen molar-refractivity contribution in [2.45, 2.75) is 89.4 Å². The van der Waals surface area contributed by atoms with Gasteiger partial charge in [0.05, 0.1) is 215 Å². The number of nitriles is 4. The summed E-state index contributed by atoms with van der Waals surface area (Å²) in [6, 6.07) is 38.5. The largest absolute Gasteiger partial charge is 0.481 e. The van der Waals surface area contributed by atoms with Gasteiger partial charge in [-0.15, -0.1) is 0 Å². The highest BCUT2D eigenvalue weighted by molar-refractivity contribution is 6.04. The van der Waals surface area contributed by atoms with Crippen LogP contribution >= 0.6 is 0 Å². The second kappa shape index (κ2) is 31.5. The van der Waals surface area contributed by atoms with E-state index in [0.29, 0.717) is 105 Å². The average molecular weight is 1550 g/mol. The molecule has 19 rings (SSSR count). The summed E-state index contributed by atoms with van der Waals surface area (Å²) in [7, 11) is 0. The fourth-order valence-electron chi connectivity index (χ4n) is 14.7. The van der Waals surface area contributed by atoms with Crippen molar-refractivity contribution in [3.8, 4) is 92.1 Å². The Kier molecular flexibility index (Phi) is 20.4. The molecule has 115 heavy (non-hydrogen) atoms. The number of nitrogens with zero attached hydrogens (tertiary/aromatic N) is 16. The van der Waals surface area contributed by atoms with Crippen LogP contribution in [0.15, 0.2) is 146 Å². The molecule has 0 bridgehead atoms. The lowest BCUT2D eigenvalue weighted by Gasteiger charge is -2.12. The number of ether oxygens (including phenoxy) is 3. The Morgan fingerprint density at radius 3 is 0.922 bits per heavy atom. The van der Waals surface area contributed by atoms with Crippen LogP contribution in [0.1, 0.15) is 166 Å². The van der Waals surface area contributed by atoms with Crippen LogP contribution in [0, 0.1) is 68.6 Å². The topological polar surface area (TPSA) is 399 Å². The average Bonchev–Trinajstić information content (AvgIpc) is 1.66. The maximum atomic E-state index is 14.6. The lowest BCUT2D eigenvalue weighted by Crippen LogP contribution is -2.14. The van der Waals surface area contributed by atoms with Gasteiger partial charge >= 0.3 is 5.97 Å². The lowest BCUT2D eigenvalue weighted by atomic mass is 10.0. The summed E-state index contributed by atoms with van der Waals surface area (Å²) < 4.78 is 81.4. The number of hydrogen-bond donors (Lipinski definition) is 5. The summed E-state index contributed by atoms with van der Waals surface area (Å²) in [6.45, 7) is 3.01. The second-order valence-corrected chi connectivity index (χ2v) is 27.1. The number of amides is 4. The molecule has 12 aromatic rings. The number of aromatic nitrogens is 12. The van der Waals surface area contributed by atoms with Gasteiger partial charge in [0.2, 0.25) is 0 Å². The molecule has 570 valence electrons. The Bertz CT molecular complexity index is 5740. The summed E-state index contributed by atoms with van der Waals surface area (Å²) in [5.74, 6) is -4.38. The van der Waals surface area contributed by atoms with Gasteiger partial charge in [0.15, 0.2) is 0 Å². The first kappa shape index (κ1) is 74.3. The quantitative estimate of drug-likeness (QED) is 0.0669. The number of carbonyl (C=O) groups excluding carboxylic acids is 4. The van der Waals surface area contributed by atoms with Gasteiger partial charge in [0.1, 0.15) is 41.6 Å². The van der Waals surface area contributed by atoms with Crippen LogP contribution in [-0.4, -0.2) is 114 Å². The van der Waals surface area contributed by atoms with Crippen LogP contribution in [0.2, 0.25) is 0 Å². The molecular weight excluding hydrogens is 1490 g/mol. The third-order valence-electron chi connectivity index (χ3n) is 20.0. The molecule has 3 atom stereocenters. The zero-order chi connectivity index (χ0) is 79.7. The number of rotatable bonds is 13. The first-order chi connectivity index (χ1) is 55.9. The molecule has 33 heteroatoms. The molecular formula is C82H60F4N20O9. The molecule has 0 spiro atoms. The molecule has 4 amide bonds. The van der Waals surface area contributed by atoms with Crippen molar-refractivity contribution in [1.29, 1.82) is 21.0 Å². The Morgan fingerprint density at radius 1 is 0.400 bits per heavy atom. The molecule has 4 aromatic carbocycles. The summed E-state index contributed by atoms with van der Waals surface area (Å²) in [6.07, 6.45) is 12.0. The number of pyridine rings is 4. The van der Waals surface area contributed by atoms with Crippen molar-refractivity contribution in [2.24, 2.45) is 0 Å². The molecule has 3 saturated heterocycles. The molecule has 0 aliphatic carbocycles. The zero-order valence-corrected chi connectivity index (χ0v) is 60.4. The van der Waals surface area contributed by atoms with Crippen LogP contribution in [0.25, 0.3) is 67.8 Å². The van der Waals surface area contributed by atoms with Crippen LogP contribution < -0.4 is 21.3 Å². The van der Waals surface area contributed by atoms with E-state index in [1.165, 1.54) is 77.6 Å². The Labute approximate surface area is 649 Å². The number of carbonyl (C=O) groups is 5. The van der Waals surface area contributed by atoms with E-state index >= 15 is 0 Å². The molecule has 7 aliphatic rings. The first-order valence-corrected chi connectivity index (χ1v) is 36.3. The van der Waals surface area contributed by atoms with Gasteiger partial charge in [-0.25, -0.2) is 56.2 Å². The van der Waals surface area contributed by atoms with Crippen molar-refractivity contribution < 1.29 is 60.9 Å². The lowest BCUT2D eigenvalue weighted by molar-refractivity contribution is -0.136. The van der Waals surface area contributed by atoms with Crippen molar-refractivity contribution in [1.82, 2.24) is 80.3 Å². The number of nitrogens with one attached hydrogen (secondary N) is 4. The van der Waals surface area contributed by atoms with E-state index in [4.69, 9.17) is 19.3 Å². The third kappa shape index (κ3) is 14.5. The predicted octanol–water partition coefficient (Wildman–Crippen LogP) is 10.9. The molecule has 3 fully saturated rings. The van der Waals surface area contributed by atoms with Crippen LogP contribution in [0.3, 0.4) is 0 Å². The van der Waals surface area contributed by atoms with E-state index < -0.39 is 29.2 Å². The maximum Gasteiger partial charge on any atom is 0.309 e. The smallest absolute Gasteiger partial charge is 0.309 e. The van der Waals surface area contributed by atoms with Gasteiger partial charge < -0.3 is 40.6 Å². The van der Waals surface area contributed by atoms with E-state index in [0.717, 1.165) is 55.6 Å². The highest BCUT2D eigenvalue weighted by Gasteiger charge is 2.35. The molecule has 0 radical (unpaired) electrons. The molecule has 5 N–H and O–H groups in total. The molecule has 29 nitrogen and oxygen atoms in total. The van der Waals surface area contributed by atoms with Crippen molar-refractivity contribution in [2.75, 3.05) is 19.8 Å². The molecule has 8 aromatic heterocycles. The summed E-state index contributed by atoms with van der Waals surface area (Å²) in [5, 5.41) is 75.4. The Morgan fingerprint density at radius 2 is 0.670 bits per heavy atom. The Balaban J connectivity index is 0.000000115. The monoisotopic (exact) mass is 1540 g/mol. The van der Waals surface area contributed by atoms with Crippen LogP contribution in [-0.2, 0) is 51.6 Å².